The van der Waals surface area contributed by atoms with E-state index in [1.54, 1.807) is 18.7 Å². The Bertz CT molecular complexity index is 608. The Labute approximate surface area is 119 Å². The fraction of sp³-hybridized carbons (Fsp3) is 0.353. The molecule has 0 aliphatic rings. The van der Waals surface area contributed by atoms with Gasteiger partial charge in [0.25, 0.3) is 5.91 Å². The number of hydrogen-bond acceptors (Lipinski definition) is 2. The van der Waals surface area contributed by atoms with Crippen LogP contribution in [0.25, 0.3) is 10.8 Å². The van der Waals surface area contributed by atoms with Crippen LogP contribution in [0.15, 0.2) is 42.5 Å². The molecule has 0 saturated heterocycles. The van der Waals surface area contributed by atoms with Crippen molar-refractivity contribution in [3.8, 4) is 0 Å². The van der Waals surface area contributed by atoms with Gasteiger partial charge in [0.05, 0.1) is 5.60 Å². The van der Waals surface area contributed by atoms with Crippen molar-refractivity contribution in [1.82, 2.24) is 4.90 Å². The van der Waals surface area contributed by atoms with Crippen LogP contribution in [0, 0.1) is 0 Å². The van der Waals surface area contributed by atoms with Gasteiger partial charge in [0, 0.05) is 18.7 Å². The summed E-state index contributed by atoms with van der Waals surface area (Å²) in [4.78, 5) is 14.4. The van der Waals surface area contributed by atoms with Crippen molar-refractivity contribution in [3.05, 3.63) is 48.0 Å². The molecule has 0 heterocycles. The van der Waals surface area contributed by atoms with Crippen molar-refractivity contribution in [2.45, 2.75) is 26.4 Å². The van der Waals surface area contributed by atoms with Gasteiger partial charge in [0.1, 0.15) is 0 Å². The van der Waals surface area contributed by atoms with Crippen molar-refractivity contribution < 1.29 is 9.90 Å². The van der Waals surface area contributed by atoms with Gasteiger partial charge in [-0.05, 0) is 37.6 Å². The Morgan fingerprint density at radius 3 is 2.45 bits per heavy atom. The van der Waals surface area contributed by atoms with Crippen LogP contribution < -0.4 is 0 Å². The van der Waals surface area contributed by atoms with E-state index < -0.39 is 5.60 Å². The molecule has 2 aromatic rings. The molecule has 0 unspecified atom stereocenters. The molecule has 1 N–H and O–H groups in total. The highest BCUT2D eigenvalue weighted by Gasteiger charge is 2.23. The monoisotopic (exact) mass is 271 g/mol. The summed E-state index contributed by atoms with van der Waals surface area (Å²) in [6.45, 7) is 6.25. The van der Waals surface area contributed by atoms with E-state index in [4.69, 9.17) is 0 Å². The zero-order valence-electron chi connectivity index (χ0n) is 12.3. The average Bonchev–Trinajstić information content (AvgIpc) is 2.42. The van der Waals surface area contributed by atoms with E-state index in [1.807, 2.05) is 49.4 Å². The van der Waals surface area contributed by atoms with Gasteiger partial charge in [-0.1, -0.05) is 36.4 Å². The van der Waals surface area contributed by atoms with Crippen LogP contribution in [-0.2, 0) is 0 Å². The summed E-state index contributed by atoms with van der Waals surface area (Å²) in [5, 5.41) is 11.9. The second kappa shape index (κ2) is 5.63. The lowest BCUT2D eigenvalue weighted by atomic mass is 10.0. The van der Waals surface area contributed by atoms with Gasteiger partial charge in [-0.2, -0.15) is 0 Å². The maximum Gasteiger partial charge on any atom is 0.254 e. The molecule has 1 amide bonds. The molecule has 0 bridgehead atoms. The maximum atomic E-state index is 12.7. The van der Waals surface area contributed by atoms with Gasteiger partial charge < -0.3 is 10.0 Å². The smallest absolute Gasteiger partial charge is 0.254 e. The predicted molar refractivity (Wildman–Crippen MR) is 81.8 cm³/mol. The lowest BCUT2D eigenvalue weighted by Crippen LogP contribution is -2.42. The molecule has 20 heavy (non-hydrogen) atoms. The largest absolute Gasteiger partial charge is 0.389 e. The van der Waals surface area contributed by atoms with E-state index in [0.29, 0.717) is 18.7 Å². The molecule has 0 aromatic heterocycles. The first kappa shape index (κ1) is 14.5. The van der Waals surface area contributed by atoms with Crippen LogP contribution >= 0.6 is 0 Å². The van der Waals surface area contributed by atoms with E-state index in [2.05, 4.69) is 0 Å². The first-order valence-electron chi connectivity index (χ1n) is 6.92. The molecule has 2 rings (SSSR count). The molecule has 0 radical (unpaired) electrons. The summed E-state index contributed by atoms with van der Waals surface area (Å²) < 4.78 is 0. The number of benzene rings is 2. The summed E-state index contributed by atoms with van der Waals surface area (Å²) in [5.41, 5.74) is -0.204. The number of likely N-dealkylation sites (N-methyl/N-ethyl adjacent to an activating group) is 1. The lowest BCUT2D eigenvalue weighted by molar-refractivity contribution is 0.0316. The first-order chi connectivity index (χ1) is 9.42. The molecule has 0 saturated carbocycles. The average molecular weight is 271 g/mol. The number of nitrogens with zero attached hydrogens (tertiary/aromatic N) is 1. The minimum absolute atomic E-state index is 0.0357. The van der Waals surface area contributed by atoms with Gasteiger partial charge >= 0.3 is 0 Å². The van der Waals surface area contributed by atoms with E-state index >= 15 is 0 Å². The van der Waals surface area contributed by atoms with Crippen LogP contribution in [-0.4, -0.2) is 34.6 Å². The van der Waals surface area contributed by atoms with E-state index in [0.717, 1.165) is 10.8 Å². The van der Waals surface area contributed by atoms with Crippen LogP contribution in [0.4, 0.5) is 0 Å². The Morgan fingerprint density at radius 2 is 1.80 bits per heavy atom. The van der Waals surface area contributed by atoms with Crippen molar-refractivity contribution in [3.63, 3.8) is 0 Å². The molecule has 0 aliphatic carbocycles. The molecule has 2 aromatic carbocycles. The molecule has 0 aliphatic heterocycles. The topological polar surface area (TPSA) is 40.5 Å². The number of hydrogen-bond donors (Lipinski definition) is 1. The number of rotatable bonds is 4. The molecular formula is C17H21NO2. The zero-order valence-corrected chi connectivity index (χ0v) is 12.3. The SMILES string of the molecule is CCN(CC(C)(C)O)C(=O)c1cccc2ccccc12. The van der Waals surface area contributed by atoms with Gasteiger partial charge in [0.15, 0.2) is 0 Å². The third-order valence-electron chi connectivity index (χ3n) is 3.27. The van der Waals surface area contributed by atoms with E-state index in [-0.39, 0.29) is 5.91 Å². The van der Waals surface area contributed by atoms with Crippen molar-refractivity contribution in [2.75, 3.05) is 13.1 Å². The van der Waals surface area contributed by atoms with E-state index in [1.165, 1.54) is 0 Å². The van der Waals surface area contributed by atoms with Crippen molar-refractivity contribution in [2.24, 2.45) is 0 Å². The predicted octanol–water partition coefficient (Wildman–Crippen LogP) is 3.07. The molecule has 0 atom stereocenters. The molecule has 3 heteroatoms. The Hall–Kier alpha value is -1.87. The lowest BCUT2D eigenvalue weighted by Gasteiger charge is -2.28. The maximum absolute atomic E-state index is 12.7. The minimum Gasteiger partial charge on any atom is -0.389 e. The quantitative estimate of drug-likeness (QED) is 0.928. The highest BCUT2D eigenvalue weighted by Crippen LogP contribution is 2.20. The molecule has 0 fully saturated rings. The normalized spacial score (nSPS) is 11.6. The number of aliphatic hydroxyl groups is 1. The van der Waals surface area contributed by atoms with Crippen LogP contribution in [0.3, 0.4) is 0 Å². The number of amides is 1. The van der Waals surface area contributed by atoms with Crippen LogP contribution in [0.2, 0.25) is 0 Å². The van der Waals surface area contributed by atoms with E-state index in [9.17, 15) is 9.90 Å². The Kier molecular flexibility index (Phi) is 4.09. The third kappa shape index (κ3) is 3.17. The molecule has 106 valence electrons. The molecular weight excluding hydrogens is 250 g/mol. The second-order valence-corrected chi connectivity index (χ2v) is 5.66. The summed E-state index contributed by atoms with van der Waals surface area (Å²) in [6, 6.07) is 13.6. The number of fused-ring (bicyclic) bond motifs is 1. The Balaban J connectivity index is 2.40. The van der Waals surface area contributed by atoms with Crippen molar-refractivity contribution >= 4 is 16.7 Å². The molecule has 0 spiro atoms. The summed E-state index contributed by atoms with van der Waals surface area (Å²) in [6.07, 6.45) is 0. The minimum atomic E-state index is -0.893. The summed E-state index contributed by atoms with van der Waals surface area (Å²) >= 11 is 0. The van der Waals surface area contributed by atoms with Crippen LogP contribution in [0.1, 0.15) is 31.1 Å². The van der Waals surface area contributed by atoms with Gasteiger partial charge in [0.2, 0.25) is 0 Å². The first-order valence-corrected chi connectivity index (χ1v) is 6.92. The fourth-order valence-electron chi connectivity index (χ4n) is 2.38. The summed E-state index contributed by atoms with van der Waals surface area (Å²) in [5.74, 6) is -0.0357. The highest BCUT2D eigenvalue weighted by atomic mass is 16.3. The number of carbonyl (C=O) groups excluding carboxylic acids is 1. The molecule has 3 nitrogen and oxygen atoms in total. The standard InChI is InChI=1S/C17H21NO2/c1-4-18(12-17(2,3)20)16(19)15-11-7-9-13-8-5-6-10-14(13)15/h5-11,20H,4,12H2,1-3H3. The summed E-state index contributed by atoms with van der Waals surface area (Å²) in [7, 11) is 0. The zero-order chi connectivity index (χ0) is 14.8. The fourth-order valence-corrected chi connectivity index (χ4v) is 2.38. The van der Waals surface area contributed by atoms with Crippen LogP contribution in [0.5, 0.6) is 0 Å². The second-order valence-electron chi connectivity index (χ2n) is 5.66. The van der Waals surface area contributed by atoms with Crippen molar-refractivity contribution in [1.29, 1.82) is 0 Å². The van der Waals surface area contributed by atoms with Gasteiger partial charge in [-0.3, -0.25) is 4.79 Å². The van der Waals surface area contributed by atoms with Gasteiger partial charge in [-0.15, -0.1) is 0 Å². The third-order valence-corrected chi connectivity index (χ3v) is 3.27. The number of carbonyl (C=O) groups is 1. The highest BCUT2D eigenvalue weighted by molar-refractivity contribution is 6.07. The van der Waals surface area contributed by atoms with Gasteiger partial charge in [-0.25, -0.2) is 0 Å². The Morgan fingerprint density at radius 1 is 1.15 bits per heavy atom.